The fourth-order valence-corrected chi connectivity index (χ4v) is 1.85. The van der Waals surface area contributed by atoms with Crippen molar-refractivity contribution in [3.8, 4) is 0 Å². The number of nitrogens with one attached hydrogen (secondary N) is 1. The van der Waals surface area contributed by atoms with Crippen LogP contribution in [0.3, 0.4) is 0 Å². The lowest BCUT2D eigenvalue weighted by atomic mass is 10.1. The van der Waals surface area contributed by atoms with E-state index in [1.165, 1.54) is 0 Å². The number of benzene rings is 2. The molecule has 3 N–H and O–H groups in total. The third-order valence-electron chi connectivity index (χ3n) is 2.82. The van der Waals surface area contributed by atoms with Gasteiger partial charge in [0.15, 0.2) is 0 Å². The molecule has 0 spiro atoms. The summed E-state index contributed by atoms with van der Waals surface area (Å²) in [6.45, 7) is 0. The number of anilines is 2. The molecule has 0 saturated heterocycles. The number of carbonyl (C=O) groups excluding carboxylic acids is 1. The summed E-state index contributed by atoms with van der Waals surface area (Å²) < 4.78 is 0. The molecule has 2 rings (SSSR count). The molecule has 0 aliphatic heterocycles. The number of nitro groups is 2. The Balaban J connectivity index is 2.66. The van der Waals surface area contributed by atoms with Crippen molar-refractivity contribution in [1.29, 1.82) is 0 Å². The SMILES string of the molecule is NC(=O)c1cc([N+](=O)[O-])cc([N+](=O)[O-])c1Nc1ccccc1. The number of nitrogens with zero attached hydrogens (tertiary/aromatic N) is 2. The number of hydrogen-bond acceptors (Lipinski definition) is 6. The summed E-state index contributed by atoms with van der Waals surface area (Å²) in [7, 11) is 0. The van der Waals surface area contributed by atoms with Crippen molar-refractivity contribution in [1.82, 2.24) is 0 Å². The number of hydrogen-bond donors (Lipinski definition) is 2. The highest BCUT2D eigenvalue weighted by molar-refractivity contribution is 6.02. The smallest absolute Gasteiger partial charge is 0.300 e. The topological polar surface area (TPSA) is 141 Å². The largest absolute Gasteiger partial charge is 0.366 e. The molecule has 2 aromatic rings. The van der Waals surface area contributed by atoms with Crippen LogP contribution in [0.25, 0.3) is 0 Å². The molecule has 22 heavy (non-hydrogen) atoms. The van der Waals surface area contributed by atoms with E-state index in [1.54, 1.807) is 30.3 Å². The number of primary amides is 1. The normalized spacial score (nSPS) is 10.0. The summed E-state index contributed by atoms with van der Waals surface area (Å²) in [6.07, 6.45) is 0. The van der Waals surface area contributed by atoms with Crippen LogP contribution >= 0.6 is 0 Å². The average molecular weight is 302 g/mol. The number of carbonyl (C=O) groups is 1. The third kappa shape index (κ3) is 2.98. The number of non-ortho nitro benzene ring substituents is 1. The Morgan fingerprint density at radius 2 is 1.68 bits per heavy atom. The number of nitro benzene ring substituents is 2. The molecule has 112 valence electrons. The number of amides is 1. The Morgan fingerprint density at radius 3 is 2.18 bits per heavy atom. The Bertz CT molecular complexity index is 725. The predicted octanol–water partition coefficient (Wildman–Crippen LogP) is 2.35. The van der Waals surface area contributed by atoms with Crippen molar-refractivity contribution in [2.75, 3.05) is 5.32 Å². The Morgan fingerprint density at radius 1 is 1.05 bits per heavy atom. The van der Waals surface area contributed by atoms with Gasteiger partial charge in [-0.2, -0.15) is 0 Å². The van der Waals surface area contributed by atoms with Crippen molar-refractivity contribution in [2.24, 2.45) is 5.73 Å². The number of para-hydroxylation sites is 1. The molecular weight excluding hydrogens is 292 g/mol. The van der Waals surface area contributed by atoms with Crippen LogP contribution in [0.1, 0.15) is 10.4 Å². The molecule has 0 unspecified atom stereocenters. The summed E-state index contributed by atoms with van der Waals surface area (Å²) in [5.74, 6) is -1.01. The van der Waals surface area contributed by atoms with Crippen LogP contribution in [0.5, 0.6) is 0 Å². The van der Waals surface area contributed by atoms with Crippen LogP contribution in [0.2, 0.25) is 0 Å². The van der Waals surface area contributed by atoms with E-state index in [0.29, 0.717) is 5.69 Å². The fourth-order valence-electron chi connectivity index (χ4n) is 1.85. The second-order valence-corrected chi connectivity index (χ2v) is 4.26. The summed E-state index contributed by atoms with van der Waals surface area (Å²) in [4.78, 5) is 31.8. The summed E-state index contributed by atoms with van der Waals surface area (Å²) >= 11 is 0. The Hall–Kier alpha value is -3.49. The van der Waals surface area contributed by atoms with Gasteiger partial charge in [-0.15, -0.1) is 0 Å². The molecule has 0 aliphatic carbocycles. The highest BCUT2D eigenvalue weighted by Gasteiger charge is 2.26. The van der Waals surface area contributed by atoms with E-state index in [1.807, 2.05) is 0 Å². The van der Waals surface area contributed by atoms with Crippen molar-refractivity contribution < 1.29 is 14.6 Å². The van der Waals surface area contributed by atoms with Gasteiger partial charge in [-0.05, 0) is 12.1 Å². The van der Waals surface area contributed by atoms with Gasteiger partial charge in [0, 0.05) is 11.8 Å². The van der Waals surface area contributed by atoms with Crippen LogP contribution < -0.4 is 11.1 Å². The van der Waals surface area contributed by atoms with Gasteiger partial charge in [-0.1, -0.05) is 18.2 Å². The lowest BCUT2D eigenvalue weighted by molar-refractivity contribution is -0.393. The van der Waals surface area contributed by atoms with Gasteiger partial charge < -0.3 is 11.1 Å². The quantitative estimate of drug-likeness (QED) is 0.641. The van der Waals surface area contributed by atoms with Crippen LogP contribution in [0.15, 0.2) is 42.5 Å². The standard InChI is InChI=1S/C13H10N4O5/c14-13(18)10-6-9(16(19)20)7-11(17(21)22)12(10)15-8-4-2-1-3-5-8/h1-7,15H,(H2,14,18). The summed E-state index contributed by atoms with van der Waals surface area (Å²) in [5, 5.41) is 24.7. The lowest BCUT2D eigenvalue weighted by Crippen LogP contribution is -2.15. The molecule has 0 heterocycles. The van der Waals surface area contributed by atoms with Gasteiger partial charge in [0.1, 0.15) is 5.69 Å². The van der Waals surface area contributed by atoms with E-state index in [-0.39, 0.29) is 11.3 Å². The van der Waals surface area contributed by atoms with E-state index in [0.717, 1.165) is 12.1 Å². The van der Waals surface area contributed by atoms with Gasteiger partial charge >= 0.3 is 0 Å². The second-order valence-electron chi connectivity index (χ2n) is 4.26. The molecule has 0 fully saturated rings. The van der Waals surface area contributed by atoms with Crippen LogP contribution in [-0.2, 0) is 0 Å². The first-order chi connectivity index (χ1) is 10.4. The van der Waals surface area contributed by atoms with Crippen LogP contribution in [-0.4, -0.2) is 15.8 Å². The maximum Gasteiger partial charge on any atom is 0.300 e. The molecule has 0 bridgehead atoms. The third-order valence-corrected chi connectivity index (χ3v) is 2.82. The highest BCUT2D eigenvalue weighted by atomic mass is 16.6. The monoisotopic (exact) mass is 302 g/mol. The molecule has 0 aromatic heterocycles. The van der Waals surface area contributed by atoms with Gasteiger partial charge in [0.05, 0.1) is 21.5 Å². The highest BCUT2D eigenvalue weighted by Crippen LogP contribution is 2.35. The molecule has 0 atom stereocenters. The van der Waals surface area contributed by atoms with Crippen LogP contribution in [0.4, 0.5) is 22.7 Å². The van der Waals surface area contributed by atoms with Crippen LogP contribution in [0, 0.1) is 20.2 Å². The fraction of sp³-hybridized carbons (Fsp3) is 0. The summed E-state index contributed by atoms with van der Waals surface area (Å²) in [6, 6.07) is 10.0. The molecule has 2 aromatic carbocycles. The van der Waals surface area contributed by atoms with E-state index >= 15 is 0 Å². The second kappa shape index (κ2) is 5.87. The minimum Gasteiger partial charge on any atom is -0.366 e. The molecule has 9 heteroatoms. The van der Waals surface area contributed by atoms with Gasteiger partial charge in [-0.25, -0.2) is 0 Å². The van der Waals surface area contributed by atoms with Crippen molar-refractivity contribution in [3.63, 3.8) is 0 Å². The Kier molecular flexibility index (Phi) is 3.98. The van der Waals surface area contributed by atoms with E-state index < -0.39 is 27.1 Å². The first-order valence-corrected chi connectivity index (χ1v) is 5.99. The predicted molar refractivity (Wildman–Crippen MR) is 78.0 cm³/mol. The summed E-state index contributed by atoms with van der Waals surface area (Å²) in [5.41, 5.74) is 3.95. The van der Waals surface area contributed by atoms with E-state index in [4.69, 9.17) is 5.73 Å². The van der Waals surface area contributed by atoms with Gasteiger partial charge in [0.25, 0.3) is 17.3 Å². The first kappa shape index (κ1) is 14.9. The zero-order valence-corrected chi connectivity index (χ0v) is 11.1. The molecule has 9 nitrogen and oxygen atoms in total. The number of rotatable bonds is 5. The van der Waals surface area contributed by atoms with Gasteiger partial charge in [0.2, 0.25) is 0 Å². The molecular formula is C13H10N4O5. The zero-order chi connectivity index (χ0) is 16.3. The van der Waals surface area contributed by atoms with Crippen molar-refractivity contribution in [2.45, 2.75) is 0 Å². The molecule has 0 radical (unpaired) electrons. The van der Waals surface area contributed by atoms with E-state index in [2.05, 4.69) is 5.32 Å². The van der Waals surface area contributed by atoms with E-state index in [9.17, 15) is 25.0 Å². The van der Waals surface area contributed by atoms with Crippen molar-refractivity contribution >= 4 is 28.7 Å². The molecule has 0 aliphatic rings. The maximum absolute atomic E-state index is 11.5. The molecule has 0 saturated carbocycles. The number of nitrogens with two attached hydrogens (primary N) is 1. The molecule has 1 amide bonds. The minimum atomic E-state index is -1.01. The Labute approximate surface area is 123 Å². The zero-order valence-electron chi connectivity index (χ0n) is 11.1. The van der Waals surface area contributed by atoms with Crippen molar-refractivity contribution in [3.05, 3.63) is 68.3 Å². The van der Waals surface area contributed by atoms with Gasteiger partial charge in [-0.3, -0.25) is 25.0 Å². The first-order valence-electron chi connectivity index (χ1n) is 5.99. The minimum absolute atomic E-state index is 0.186. The lowest BCUT2D eigenvalue weighted by Gasteiger charge is -2.10. The average Bonchev–Trinajstić information content (AvgIpc) is 2.47. The maximum atomic E-state index is 11.5.